The lowest BCUT2D eigenvalue weighted by atomic mass is 10.1. The van der Waals surface area contributed by atoms with E-state index < -0.39 is 0 Å². The highest BCUT2D eigenvalue weighted by atomic mass is 16.2. The lowest BCUT2D eigenvalue weighted by Gasteiger charge is -2.30. The third-order valence-corrected chi connectivity index (χ3v) is 6.50. The number of pyridine rings is 1. The first-order chi connectivity index (χ1) is 16.4. The second-order valence-corrected chi connectivity index (χ2v) is 9.27. The van der Waals surface area contributed by atoms with Crippen molar-refractivity contribution in [1.29, 1.82) is 0 Å². The molecule has 34 heavy (non-hydrogen) atoms. The minimum Gasteiger partial charge on any atom is -0.351 e. The van der Waals surface area contributed by atoms with Crippen molar-refractivity contribution in [2.75, 3.05) is 12.4 Å². The molecule has 2 atom stereocenters. The number of hydrogen-bond donors (Lipinski definition) is 2. The van der Waals surface area contributed by atoms with Gasteiger partial charge in [0.2, 0.25) is 5.82 Å². The maximum absolute atomic E-state index is 13.6. The Kier molecular flexibility index (Phi) is 5.79. The maximum Gasteiger partial charge on any atom is 0.280 e. The van der Waals surface area contributed by atoms with Crippen LogP contribution in [-0.2, 0) is 0 Å². The molecular weight excluding hydrogens is 428 g/mol. The van der Waals surface area contributed by atoms with E-state index in [1.807, 2.05) is 31.3 Å². The zero-order valence-corrected chi connectivity index (χ0v) is 19.6. The number of quaternary nitrogens is 1. The van der Waals surface area contributed by atoms with Crippen LogP contribution in [0.4, 0.5) is 11.4 Å². The van der Waals surface area contributed by atoms with Gasteiger partial charge in [-0.25, -0.2) is 15.0 Å². The molecule has 1 fully saturated rings. The molecule has 1 saturated carbocycles. The molecule has 2 unspecified atom stereocenters. The quantitative estimate of drug-likeness (QED) is 0.617. The van der Waals surface area contributed by atoms with E-state index in [1.54, 1.807) is 18.6 Å². The van der Waals surface area contributed by atoms with E-state index in [0.717, 1.165) is 30.7 Å². The third-order valence-electron chi connectivity index (χ3n) is 6.50. The number of allylic oxidation sites excluding steroid dienone is 1. The summed E-state index contributed by atoms with van der Waals surface area (Å²) in [6.45, 7) is 4.18. The summed E-state index contributed by atoms with van der Waals surface area (Å²) in [5.41, 5.74) is 3.45. The Morgan fingerprint density at radius 3 is 2.65 bits per heavy atom. The standard InChI is InChI=1S/C25H28N8O/c1-16(2)33(3)23(12-22(32-33)20-6-4-5-11-28-20)31-25(34)24-21(29-18-13-26-15-27-14-18)10-9-19(30-24)17-7-8-17/h4-5,9-17,20H,6-8H2,1-3H3,(H-,29,31,32,34)/p+1. The molecule has 2 N–H and O–H groups in total. The Hall–Kier alpha value is -3.72. The highest BCUT2D eigenvalue weighted by Crippen LogP contribution is 2.40. The van der Waals surface area contributed by atoms with Crippen LogP contribution in [0.1, 0.15) is 55.2 Å². The molecule has 2 aromatic heterocycles. The zero-order valence-electron chi connectivity index (χ0n) is 19.6. The van der Waals surface area contributed by atoms with Crippen LogP contribution in [0.15, 0.2) is 65.0 Å². The Bertz CT molecular complexity index is 1210. The molecule has 2 aliphatic heterocycles. The fourth-order valence-electron chi connectivity index (χ4n) is 4.03. The summed E-state index contributed by atoms with van der Waals surface area (Å²) in [6, 6.07) is 3.98. The Balaban J connectivity index is 1.45. The molecule has 174 valence electrons. The SMILES string of the molecule is CC(C)[N+]1(C)N=C(C2CC=CC=N2)C=C1NC(=O)c1nc(C2CC2)ccc1Nc1cncnc1. The minimum atomic E-state index is -0.276. The normalized spacial score (nSPS) is 23.6. The number of carbonyl (C=O) groups is 1. The number of amides is 1. The van der Waals surface area contributed by atoms with E-state index in [9.17, 15) is 4.79 Å². The van der Waals surface area contributed by atoms with E-state index in [2.05, 4.69) is 45.5 Å². The van der Waals surface area contributed by atoms with Crippen LogP contribution in [0, 0.1) is 0 Å². The van der Waals surface area contributed by atoms with Gasteiger partial charge in [-0.1, -0.05) is 11.2 Å². The smallest absolute Gasteiger partial charge is 0.280 e. The van der Waals surface area contributed by atoms with Crippen LogP contribution in [0.5, 0.6) is 0 Å². The van der Waals surface area contributed by atoms with Gasteiger partial charge in [0.1, 0.15) is 24.1 Å². The van der Waals surface area contributed by atoms with Crippen molar-refractivity contribution in [1.82, 2.24) is 20.3 Å². The number of rotatable bonds is 7. The van der Waals surface area contributed by atoms with E-state index >= 15 is 0 Å². The molecule has 9 nitrogen and oxygen atoms in total. The summed E-state index contributed by atoms with van der Waals surface area (Å²) in [5, 5.41) is 11.3. The van der Waals surface area contributed by atoms with Gasteiger partial charge in [0.05, 0.1) is 30.8 Å². The van der Waals surface area contributed by atoms with Crippen molar-refractivity contribution in [3.8, 4) is 0 Å². The van der Waals surface area contributed by atoms with Crippen molar-refractivity contribution in [2.45, 2.75) is 51.1 Å². The average molecular weight is 458 g/mol. The Morgan fingerprint density at radius 2 is 1.97 bits per heavy atom. The number of aliphatic imine (C=N–C) groups is 1. The van der Waals surface area contributed by atoms with Gasteiger partial charge in [-0.3, -0.25) is 15.1 Å². The highest BCUT2D eigenvalue weighted by Gasteiger charge is 2.41. The van der Waals surface area contributed by atoms with Crippen LogP contribution in [0.3, 0.4) is 0 Å². The zero-order chi connectivity index (χ0) is 23.7. The molecule has 5 rings (SSSR count). The lowest BCUT2D eigenvalue weighted by Crippen LogP contribution is -2.48. The monoisotopic (exact) mass is 457 g/mol. The number of aromatic nitrogens is 3. The largest absolute Gasteiger partial charge is 0.351 e. The molecule has 3 aliphatic rings. The number of hydrogen-bond acceptors (Lipinski definition) is 7. The minimum absolute atomic E-state index is 0.0396. The van der Waals surface area contributed by atoms with Crippen molar-refractivity contribution in [2.24, 2.45) is 10.1 Å². The van der Waals surface area contributed by atoms with Crippen LogP contribution < -0.4 is 10.6 Å². The molecule has 0 radical (unpaired) electrons. The van der Waals surface area contributed by atoms with Gasteiger partial charge in [0.25, 0.3) is 5.91 Å². The van der Waals surface area contributed by atoms with Gasteiger partial charge < -0.3 is 5.32 Å². The fraction of sp³-hybridized carbons (Fsp3) is 0.360. The van der Waals surface area contributed by atoms with E-state index in [-0.39, 0.29) is 22.6 Å². The molecular formula is C25H29N8O+. The van der Waals surface area contributed by atoms with Crippen molar-refractivity contribution >= 4 is 29.2 Å². The molecule has 2 aromatic rings. The number of carbonyl (C=O) groups excluding carboxylic acids is 1. The Morgan fingerprint density at radius 1 is 1.18 bits per heavy atom. The summed E-state index contributed by atoms with van der Waals surface area (Å²) in [4.78, 5) is 31.0. The first-order valence-corrected chi connectivity index (χ1v) is 11.7. The van der Waals surface area contributed by atoms with Gasteiger partial charge in [0.15, 0.2) is 5.69 Å². The predicted molar refractivity (Wildman–Crippen MR) is 132 cm³/mol. The third kappa shape index (κ3) is 4.38. The molecule has 0 spiro atoms. The number of anilines is 2. The van der Waals surface area contributed by atoms with Gasteiger partial charge >= 0.3 is 0 Å². The molecule has 1 aliphatic carbocycles. The fourth-order valence-corrected chi connectivity index (χ4v) is 4.03. The van der Waals surface area contributed by atoms with Crippen LogP contribution in [0.25, 0.3) is 0 Å². The van der Waals surface area contributed by atoms with Crippen LogP contribution in [-0.4, -0.2) is 56.5 Å². The summed E-state index contributed by atoms with van der Waals surface area (Å²) in [6.07, 6.45) is 15.6. The first-order valence-electron chi connectivity index (χ1n) is 11.7. The number of nitrogens with zero attached hydrogens (tertiary/aromatic N) is 6. The summed E-state index contributed by atoms with van der Waals surface area (Å²) < 4.78 is 0.244. The van der Waals surface area contributed by atoms with Gasteiger partial charge in [-0.05, 0) is 51.3 Å². The molecule has 0 aromatic carbocycles. The van der Waals surface area contributed by atoms with Crippen LogP contribution >= 0.6 is 0 Å². The molecule has 4 heterocycles. The summed E-state index contributed by atoms with van der Waals surface area (Å²) in [7, 11) is 2.00. The lowest BCUT2D eigenvalue weighted by molar-refractivity contribution is -0.900. The average Bonchev–Trinajstić information content (AvgIpc) is 3.64. The second-order valence-electron chi connectivity index (χ2n) is 9.27. The van der Waals surface area contributed by atoms with Gasteiger partial charge in [-0.2, -0.15) is 4.59 Å². The van der Waals surface area contributed by atoms with Gasteiger partial charge in [0, 0.05) is 23.9 Å². The predicted octanol–water partition coefficient (Wildman–Crippen LogP) is 3.69. The number of dihydropyridines is 1. The molecule has 1 amide bonds. The number of nitrogens with one attached hydrogen (secondary N) is 2. The Labute approximate surface area is 199 Å². The first kappa shape index (κ1) is 22.1. The summed E-state index contributed by atoms with van der Waals surface area (Å²) in [5.74, 6) is 0.865. The van der Waals surface area contributed by atoms with Crippen molar-refractivity contribution in [3.05, 3.63) is 66.3 Å². The maximum atomic E-state index is 13.6. The highest BCUT2D eigenvalue weighted by molar-refractivity contribution is 6.04. The molecule has 9 heteroatoms. The van der Waals surface area contributed by atoms with Crippen molar-refractivity contribution < 1.29 is 9.39 Å². The topological polar surface area (TPSA) is 105 Å². The second kappa shape index (κ2) is 8.90. The molecule has 0 saturated heterocycles. The van der Waals surface area contributed by atoms with E-state index in [0.29, 0.717) is 28.8 Å². The summed E-state index contributed by atoms with van der Waals surface area (Å²) >= 11 is 0. The van der Waals surface area contributed by atoms with E-state index in [4.69, 9.17) is 10.1 Å². The van der Waals surface area contributed by atoms with Crippen LogP contribution in [0.2, 0.25) is 0 Å². The van der Waals surface area contributed by atoms with E-state index in [1.165, 1.54) is 6.33 Å². The van der Waals surface area contributed by atoms with Crippen molar-refractivity contribution in [3.63, 3.8) is 0 Å². The molecule has 0 bridgehead atoms. The van der Waals surface area contributed by atoms with Gasteiger partial charge in [-0.15, -0.1) is 0 Å².